The van der Waals surface area contributed by atoms with Crippen LogP contribution in [0, 0.1) is 5.92 Å². The van der Waals surface area contributed by atoms with Crippen molar-refractivity contribution in [3.8, 4) is 0 Å². The number of likely N-dealkylation sites (tertiary alicyclic amines) is 1. The Morgan fingerprint density at radius 3 is 3.00 bits per heavy atom. The van der Waals surface area contributed by atoms with Gasteiger partial charge < -0.3 is 16.0 Å². The molecule has 1 aliphatic rings. The largest absolute Gasteiger partial charge is 0.399 e. The van der Waals surface area contributed by atoms with Gasteiger partial charge in [-0.25, -0.2) is 0 Å². The van der Waals surface area contributed by atoms with E-state index in [1.54, 1.807) is 29.2 Å². The standard InChI is InChI=1S/C15H21N3O2/c1-11-5-6-15(20)18(8-7-11)10-14(19)17-13-4-2-3-12(16)9-13/h2-4,9,11H,5-8,10,16H2,1H3,(H,17,19). The van der Waals surface area contributed by atoms with Crippen LogP contribution < -0.4 is 11.1 Å². The van der Waals surface area contributed by atoms with Crippen LogP contribution in [0.1, 0.15) is 26.2 Å². The van der Waals surface area contributed by atoms with E-state index in [4.69, 9.17) is 5.73 Å². The Labute approximate surface area is 119 Å². The second-order valence-corrected chi connectivity index (χ2v) is 5.42. The number of carbonyl (C=O) groups is 2. The number of hydrogen-bond donors (Lipinski definition) is 2. The van der Waals surface area contributed by atoms with Crippen LogP contribution in [0.25, 0.3) is 0 Å². The molecule has 1 unspecified atom stereocenters. The molecule has 0 radical (unpaired) electrons. The van der Waals surface area contributed by atoms with Gasteiger partial charge in [0.15, 0.2) is 0 Å². The Morgan fingerprint density at radius 2 is 2.25 bits per heavy atom. The van der Waals surface area contributed by atoms with Gasteiger partial charge in [0.1, 0.15) is 0 Å². The number of rotatable bonds is 3. The van der Waals surface area contributed by atoms with Crippen molar-refractivity contribution in [1.29, 1.82) is 0 Å². The molecule has 0 bridgehead atoms. The summed E-state index contributed by atoms with van der Waals surface area (Å²) in [5, 5.41) is 2.77. The molecule has 1 saturated heterocycles. The topological polar surface area (TPSA) is 75.4 Å². The lowest BCUT2D eigenvalue weighted by atomic mass is 10.0. The van der Waals surface area contributed by atoms with Crippen molar-refractivity contribution in [3.05, 3.63) is 24.3 Å². The zero-order chi connectivity index (χ0) is 14.5. The van der Waals surface area contributed by atoms with Crippen LogP contribution in [0.2, 0.25) is 0 Å². The van der Waals surface area contributed by atoms with Gasteiger partial charge >= 0.3 is 0 Å². The number of nitrogen functional groups attached to an aromatic ring is 1. The van der Waals surface area contributed by atoms with Gasteiger partial charge in [-0.15, -0.1) is 0 Å². The van der Waals surface area contributed by atoms with Crippen LogP contribution in [-0.4, -0.2) is 29.8 Å². The molecule has 0 saturated carbocycles. The van der Waals surface area contributed by atoms with E-state index in [0.717, 1.165) is 12.8 Å². The van der Waals surface area contributed by atoms with E-state index in [-0.39, 0.29) is 18.4 Å². The van der Waals surface area contributed by atoms with Crippen LogP contribution in [0.3, 0.4) is 0 Å². The molecule has 1 aromatic carbocycles. The lowest BCUT2D eigenvalue weighted by Gasteiger charge is -2.20. The van der Waals surface area contributed by atoms with E-state index in [0.29, 0.717) is 30.3 Å². The summed E-state index contributed by atoms with van der Waals surface area (Å²) in [6.07, 6.45) is 2.40. The van der Waals surface area contributed by atoms with Crippen molar-refractivity contribution >= 4 is 23.2 Å². The average molecular weight is 275 g/mol. The highest BCUT2D eigenvalue weighted by atomic mass is 16.2. The Bertz CT molecular complexity index is 502. The van der Waals surface area contributed by atoms with Crippen LogP contribution in [0.15, 0.2) is 24.3 Å². The number of nitrogens with zero attached hydrogens (tertiary/aromatic N) is 1. The molecule has 1 fully saturated rings. The highest BCUT2D eigenvalue weighted by molar-refractivity contribution is 5.94. The fourth-order valence-corrected chi connectivity index (χ4v) is 2.33. The van der Waals surface area contributed by atoms with Crippen LogP contribution in [0.5, 0.6) is 0 Å². The van der Waals surface area contributed by atoms with Gasteiger partial charge in [0, 0.05) is 24.3 Å². The third-order valence-corrected chi connectivity index (χ3v) is 3.60. The normalized spacial score (nSPS) is 19.6. The monoisotopic (exact) mass is 275 g/mol. The third kappa shape index (κ3) is 3.98. The van der Waals surface area contributed by atoms with E-state index in [9.17, 15) is 9.59 Å². The van der Waals surface area contributed by atoms with E-state index in [2.05, 4.69) is 12.2 Å². The zero-order valence-electron chi connectivity index (χ0n) is 11.8. The predicted molar refractivity (Wildman–Crippen MR) is 79.1 cm³/mol. The van der Waals surface area contributed by atoms with Crippen molar-refractivity contribution in [2.24, 2.45) is 5.92 Å². The highest BCUT2D eigenvalue weighted by Crippen LogP contribution is 2.17. The summed E-state index contributed by atoms with van der Waals surface area (Å²) in [6, 6.07) is 7.02. The van der Waals surface area contributed by atoms with Crippen molar-refractivity contribution in [1.82, 2.24) is 4.90 Å². The maximum Gasteiger partial charge on any atom is 0.243 e. The molecule has 1 aliphatic heterocycles. The van der Waals surface area contributed by atoms with Crippen molar-refractivity contribution < 1.29 is 9.59 Å². The van der Waals surface area contributed by atoms with Crippen LogP contribution >= 0.6 is 0 Å². The third-order valence-electron chi connectivity index (χ3n) is 3.60. The van der Waals surface area contributed by atoms with Gasteiger partial charge in [0.2, 0.25) is 11.8 Å². The van der Waals surface area contributed by atoms with Gasteiger partial charge in [-0.1, -0.05) is 13.0 Å². The molecule has 1 atom stereocenters. The molecule has 20 heavy (non-hydrogen) atoms. The van der Waals surface area contributed by atoms with E-state index in [1.165, 1.54) is 0 Å². The summed E-state index contributed by atoms with van der Waals surface area (Å²) in [5.74, 6) is 0.427. The Hall–Kier alpha value is -2.04. The molecule has 1 heterocycles. The first-order valence-corrected chi connectivity index (χ1v) is 6.98. The number of nitrogens with two attached hydrogens (primary N) is 1. The molecule has 108 valence electrons. The fourth-order valence-electron chi connectivity index (χ4n) is 2.33. The zero-order valence-corrected chi connectivity index (χ0v) is 11.8. The van der Waals surface area contributed by atoms with E-state index in [1.807, 2.05) is 0 Å². The lowest BCUT2D eigenvalue weighted by Crippen LogP contribution is -2.37. The summed E-state index contributed by atoms with van der Waals surface area (Å²) in [7, 11) is 0. The van der Waals surface area contributed by atoms with E-state index >= 15 is 0 Å². The summed E-state index contributed by atoms with van der Waals surface area (Å²) >= 11 is 0. The number of anilines is 2. The highest BCUT2D eigenvalue weighted by Gasteiger charge is 2.22. The second-order valence-electron chi connectivity index (χ2n) is 5.42. The SMILES string of the molecule is CC1CCC(=O)N(CC(=O)Nc2cccc(N)c2)CC1. The molecule has 5 nitrogen and oxygen atoms in total. The number of benzene rings is 1. The van der Waals surface area contributed by atoms with E-state index < -0.39 is 0 Å². The smallest absolute Gasteiger partial charge is 0.243 e. The number of amides is 2. The molecule has 0 spiro atoms. The first-order chi connectivity index (χ1) is 9.54. The quantitative estimate of drug-likeness (QED) is 0.827. The van der Waals surface area contributed by atoms with Gasteiger partial charge in [-0.05, 0) is 37.0 Å². The Kier molecular flexibility index (Phi) is 4.61. The lowest BCUT2D eigenvalue weighted by molar-refractivity contribution is -0.134. The van der Waals surface area contributed by atoms with Gasteiger partial charge in [0.25, 0.3) is 0 Å². The summed E-state index contributed by atoms with van der Waals surface area (Å²) < 4.78 is 0. The molecular weight excluding hydrogens is 254 g/mol. The first-order valence-electron chi connectivity index (χ1n) is 6.98. The molecule has 2 amide bonds. The molecule has 0 aliphatic carbocycles. The minimum Gasteiger partial charge on any atom is -0.399 e. The summed E-state index contributed by atoms with van der Waals surface area (Å²) in [6.45, 7) is 2.91. The Morgan fingerprint density at radius 1 is 1.45 bits per heavy atom. The predicted octanol–water partition coefficient (Wildman–Crippen LogP) is 1.86. The molecule has 3 N–H and O–H groups in total. The van der Waals surface area contributed by atoms with Crippen LogP contribution in [0.4, 0.5) is 11.4 Å². The molecule has 5 heteroatoms. The van der Waals surface area contributed by atoms with Gasteiger partial charge in [-0.3, -0.25) is 9.59 Å². The van der Waals surface area contributed by atoms with Gasteiger partial charge in [0.05, 0.1) is 6.54 Å². The van der Waals surface area contributed by atoms with Crippen LogP contribution in [-0.2, 0) is 9.59 Å². The molecule has 0 aromatic heterocycles. The summed E-state index contributed by atoms with van der Waals surface area (Å²) in [4.78, 5) is 25.6. The second kappa shape index (κ2) is 6.41. The maximum absolute atomic E-state index is 12.0. The molecular formula is C15H21N3O2. The number of hydrogen-bond acceptors (Lipinski definition) is 3. The maximum atomic E-state index is 12.0. The van der Waals surface area contributed by atoms with Crippen molar-refractivity contribution in [3.63, 3.8) is 0 Å². The van der Waals surface area contributed by atoms with Gasteiger partial charge in [-0.2, -0.15) is 0 Å². The minimum absolute atomic E-state index is 0.0667. The minimum atomic E-state index is -0.182. The molecule has 1 aromatic rings. The number of nitrogens with one attached hydrogen (secondary N) is 1. The van der Waals surface area contributed by atoms with Crippen molar-refractivity contribution in [2.75, 3.05) is 24.1 Å². The fraction of sp³-hybridized carbons (Fsp3) is 0.467. The van der Waals surface area contributed by atoms with Crippen molar-refractivity contribution in [2.45, 2.75) is 26.2 Å². The summed E-state index contributed by atoms with van der Waals surface area (Å²) in [5.41, 5.74) is 6.92. The first kappa shape index (κ1) is 14.4. The number of carbonyl (C=O) groups excluding carboxylic acids is 2. The average Bonchev–Trinajstić information content (AvgIpc) is 2.54. The Balaban J connectivity index is 1.92. The molecule has 2 rings (SSSR count).